The second-order valence-electron chi connectivity index (χ2n) is 6.29. The number of thiophene rings is 1. The largest absolute Gasteiger partial charge is 0.340 e. The number of hydrogen-bond donors (Lipinski definition) is 0. The highest BCUT2D eigenvalue weighted by Crippen LogP contribution is 2.35. The molecule has 2 aliphatic rings. The van der Waals surface area contributed by atoms with Gasteiger partial charge < -0.3 is 9.42 Å². The van der Waals surface area contributed by atoms with Crippen molar-refractivity contribution < 1.29 is 14.2 Å². The normalized spacial score (nSPS) is 23.6. The van der Waals surface area contributed by atoms with E-state index in [1.807, 2.05) is 17.5 Å². The summed E-state index contributed by atoms with van der Waals surface area (Å²) in [6.07, 6.45) is 0.375. The zero-order valence-corrected chi connectivity index (χ0v) is 14.2. The number of piperazine rings is 1. The molecule has 1 saturated carbocycles. The molecular weight excluding hydrogens is 346 g/mol. The van der Waals surface area contributed by atoms with Crippen LogP contribution in [0.1, 0.15) is 12.3 Å². The fraction of sp³-hybridized carbons (Fsp3) is 0.533. The lowest BCUT2D eigenvalue weighted by molar-refractivity contribution is -0.497. The number of carbonyl (C=O) groups excluding carboxylic acids is 1. The van der Waals surface area contributed by atoms with Crippen LogP contribution < -0.4 is 0 Å². The molecule has 0 N–H and O–H groups in total. The Kier molecular flexibility index (Phi) is 4.22. The number of amides is 1. The third kappa shape index (κ3) is 3.40. The molecule has 10 heteroatoms. The Balaban J connectivity index is 1.28. The summed E-state index contributed by atoms with van der Waals surface area (Å²) in [6, 6.07) is 3.20. The van der Waals surface area contributed by atoms with Gasteiger partial charge in [-0.15, -0.1) is 11.3 Å². The highest BCUT2D eigenvalue weighted by atomic mass is 32.1. The van der Waals surface area contributed by atoms with Crippen molar-refractivity contribution >= 4 is 17.2 Å². The average molecular weight is 363 g/mol. The summed E-state index contributed by atoms with van der Waals surface area (Å²) in [5, 5.41) is 16.7. The fourth-order valence-corrected chi connectivity index (χ4v) is 3.71. The van der Waals surface area contributed by atoms with Crippen LogP contribution >= 0.6 is 11.3 Å². The van der Waals surface area contributed by atoms with E-state index in [2.05, 4.69) is 15.0 Å². The SMILES string of the molecule is O=C(C1CC1[N+](=O)[O-])N1CCN(Cc2nc(-c3cccs3)no2)CC1. The van der Waals surface area contributed by atoms with Crippen molar-refractivity contribution in [2.75, 3.05) is 26.2 Å². The Hall–Kier alpha value is -2.33. The number of nitrogens with zero attached hydrogens (tertiary/aromatic N) is 5. The Labute approximate surface area is 147 Å². The molecule has 1 aliphatic heterocycles. The molecule has 0 radical (unpaired) electrons. The molecule has 2 fully saturated rings. The molecular formula is C15H17N5O4S. The van der Waals surface area contributed by atoms with Crippen molar-refractivity contribution in [2.24, 2.45) is 5.92 Å². The number of carbonyl (C=O) groups is 1. The Morgan fingerprint density at radius 3 is 2.84 bits per heavy atom. The van der Waals surface area contributed by atoms with Crippen LogP contribution in [-0.4, -0.2) is 63.0 Å². The molecule has 0 spiro atoms. The minimum absolute atomic E-state index is 0.0841. The van der Waals surface area contributed by atoms with E-state index < -0.39 is 12.0 Å². The quantitative estimate of drug-likeness (QED) is 0.578. The van der Waals surface area contributed by atoms with Crippen molar-refractivity contribution in [1.29, 1.82) is 0 Å². The summed E-state index contributed by atoms with van der Waals surface area (Å²) in [4.78, 5) is 31.8. The highest BCUT2D eigenvalue weighted by molar-refractivity contribution is 7.13. The van der Waals surface area contributed by atoms with E-state index in [1.165, 1.54) is 0 Å². The van der Waals surface area contributed by atoms with Gasteiger partial charge in [-0.3, -0.25) is 19.8 Å². The smallest absolute Gasteiger partial charge is 0.241 e. The van der Waals surface area contributed by atoms with E-state index in [0.29, 0.717) is 50.9 Å². The van der Waals surface area contributed by atoms with Gasteiger partial charge in [-0.05, 0) is 11.4 Å². The van der Waals surface area contributed by atoms with Crippen LogP contribution in [-0.2, 0) is 11.3 Å². The minimum atomic E-state index is -0.681. The van der Waals surface area contributed by atoms with Crippen molar-refractivity contribution in [3.63, 3.8) is 0 Å². The van der Waals surface area contributed by atoms with Crippen molar-refractivity contribution in [1.82, 2.24) is 19.9 Å². The van der Waals surface area contributed by atoms with Gasteiger partial charge in [0.1, 0.15) is 5.92 Å². The highest BCUT2D eigenvalue weighted by Gasteiger charge is 2.54. The van der Waals surface area contributed by atoms with E-state index in [4.69, 9.17) is 4.52 Å². The molecule has 0 bridgehead atoms. The Morgan fingerprint density at radius 2 is 2.20 bits per heavy atom. The second-order valence-corrected chi connectivity index (χ2v) is 7.23. The molecule has 2 aromatic rings. The first kappa shape index (κ1) is 16.2. The molecule has 1 amide bonds. The van der Waals surface area contributed by atoms with Gasteiger partial charge in [0.25, 0.3) is 0 Å². The van der Waals surface area contributed by atoms with Crippen LogP contribution in [0.2, 0.25) is 0 Å². The summed E-state index contributed by atoms with van der Waals surface area (Å²) >= 11 is 1.56. The summed E-state index contributed by atoms with van der Waals surface area (Å²) in [6.45, 7) is 3.08. The maximum Gasteiger partial charge on any atom is 0.241 e. The second kappa shape index (κ2) is 6.52. The Bertz CT molecular complexity index is 769. The Morgan fingerprint density at radius 1 is 1.40 bits per heavy atom. The lowest BCUT2D eigenvalue weighted by atomic mass is 10.2. The molecule has 2 unspecified atom stereocenters. The van der Waals surface area contributed by atoms with Crippen molar-refractivity contribution in [2.45, 2.75) is 19.0 Å². The topological polar surface area (TPSA) is 106 Å². The van der Waals surface area contributed by atoms with Crippen LogP contribution in [0, 0.1) is 16.0 Å². The van der Waals surface area contributed by atoms with Gasteiger partial charge in [-0.2, -0.15) is 4.98 Å². The van der Waals surface area contributed by atoms with Gasteiger partial charge in [-0.1, -0.05) is 11.2 Å². The molecule has 25 heavy (non-hydrogen) atoms. The van der Waals surface area contributed by atoms with Crippen LogP contribution in [0.3, 0.4) is 0 Å². The van der Waals surface area contributed by atoms with E-state index in [0.717, 1.165) is 4.88 Å². The number of hydrogen-bond acceptors (Lipinski definition) is 8. The predicted molar refractivity (Wildman–Crippen MR) is 88.4 cm³/mol. The third-order valence-electron chi connectivity index (χ3n) is 4.60. The standard InChI is InChI=1S/C15H17N5O4S/c21-15(10-8-11(10)20(22)23)19-5-3-18(4-6-19)9-13-16-14(17-24-13)12-2-1-7-25-12/h1-2,7,10-11H,3-6,8-9H2. The van der Waals surface area contributed by atoms with Crippen LogP contribution in [0.25, 0.3) is 10.7 Å². The van der Waals surface area contributed by atoms with Crippen LogP contribution in [0.15, 0.2) is 22.0 Å². The molecule has 2 atom stereocenters. The lowest BCUT2D eigenvalue weighted by Gasteiger charge is -2.33. The summed E-state index contributed by atoms with van der Waals surface area (Å²) < 4.78 is 5.30. The summed E-state index contributed by atoms with van der Waals surface area (Å²) in [7, 11) is 0. The molecule has 0 aromatic carbocycles. The molecule has 4 rings (SSSR count). The van der Waals surface area contributed by atoms with Crippen molar-refractivity contribution in [3.8, 4) is 10.7 Å². The number of rotatable bonds is 5. The van der Waals surface area contributed by atoms with E-state index in [-0.39, 0.29) is 10.8 Å². The number of nitro groups is 1. The van der Waals surface area contributed by atoms with Gasteiger partial charge in [0.05, 0.1) is 11.4 Å². The van der Waals surface area contributed by atoms with Gasteiger partial charge in [-0.25, -0.2) is 0 Å². The zero-order chi connectivity index (χ0) is 17.4. The minimum Gasteiger partial charge on any atom is -0.340 e. The van der Waals surface area contributed by atoms with Crippen molar-refractivity contribution in [3.05, 3.63) is 33.5 Å². The fourth-order valence-electron chi connectivity index (χ4n) is 3.06. The van der Waals surface area contributed by atoms with E-state index in [9.17, 15) is 14.9 Å². The van der Waals surface area contributed by atoms with Gasteiger partial charge >= 0.3 is 0 Å². The number of aromatic nitrogens is 2. The molecule has 1 saturated heterocycles. The monoisotopic (exact) mass is 363 g/mol. The maximum atomic E-state index is 12.2. The first-order valence-electron chi connectivity index (χ1n) is 8.13. The lowest BCUT2D eigenvalue weighted by Crippen LogP contribution is -2.49. The van der Waals surface area contributed by atoms with E-state index in [1.54, 1.807) is 16.2 Å². The molecule has 132 valence electrons. The maximum absolute atomic E-state index is 12.2. The zero-order valence-electron chi connectivity index (χ0n) is 13.4. The van der Waals surface area contributed by atoms with E-state index >= 15 is 0 Å². The van der Waals surface area contributed by atoms with Gasteiger partial charge in [0.15, 0.2) is 0 Å². The molecule has 2 aromatic heterocycles. The van der Waals surface area contributed by atoms with Crippen LogP contribution in [0.5, 0.6) is 0 Å². The average Bonchev–Trinajstić information content (AvgIpc) is 3.01. The molecule has 1 aliphatic carbocycles. The first-order chi connectivity index (χ1) is 12.1. The predicted octanol–water partition coefficient (Wildman–Crippen LogP) is 1.11. The molecule has 9 nitrogen and oxygen atoms in total. The molecule has 3 heterocycles. The first-order valence-corrected chi connectivity index (χ1v) is 9.01. The van der Waals surface area contributed by atoms with Gasteiger partial charge in [0, 0.05) is 37.5 Å². The third-order valence-corrected chi connectivity index (χ3v) is 5.46. The van der Waals surface area contributed by atoms with Crippen LogP contribution in [0.4, 0.5) is 0 Å². The van der Waals surface area contributed by atoms with Gasteiger partial charge in [0.2, 0.25) is 23.7 Å². The summed E-state index contributed by atoms with van der Waals surface area (Å²) in [5.74, 6) is 0.641. The summed E-state index contributed by atoms with van der Waals surface area (Å²) in [5.41, 5.74) is 0.